The first kappa shape index (κ1) is 12.9. The molecule has 0 aliphatic heterocycles. The highest BCUT2D eigenvalue weighted by atomic mass is 16.6. The fourth-order valence-corrected chi connectivity index (χ4v) is 1.60. The number of carbonyl (C=O) groups excluding carboxylic acids is 1. The van der Waals surface area contributed by atoms with Gasteiger partial charge in [-0.1, -0.05) is 0 Å². The van der Waals surface area contributed by atoms with Crippen molar-refractivity contribution >= 4 is 23.1 Å². The van der Waals surface area contributed by atoms with Crippen LogP contribution in [0.1, 0.15) is 16.1 Å². The maximum Gasteiger partial charge on any atom is 0.281 e. The third-order valence-corrected chi connectivity index (χ3v) is 2.70. The zero-order valence-corrected chi connectivity index (χ0v) is 11.0. The van der Waals surface area contributed by atoms with Crippen molar-refractivity contribution in [3.05, 3.63) is 29.5 Å². The molecule has 0 radical (unpaired) electrons. The molecular formula is C12H15N5O2. The minimum Gasteiger partial charge on any atom is -0.379 e. The second kappa shape index (κ2) is 4.97. The van der Waals surface area contributed by atoms with E-state index in [4.69, 9.17) is 5.73 Å². The summed E-state index contributed by atoms with van der Waals surface area (Å²) in [7, 11) is 3.91. The highest BCUT2D eigenvalue weighted by Crippen LogP contribution is 2.22. The van der Waals surface area contributed by atoms with Gasteiger partial charge in [-0.2, -0.15) is 0 Å². The molecule has 2 aromatic rings. The van der Waals surface area contributed by atoms with Crippen LogP contribution < -0.4 is 16.0 Å². The number of benzene rings is 1. The van der Waals surface area contributed by atoms with Gasteiger partial charge < -0.3 is 16.0 Å². The van der Waals surface area contributed by atoms with Gasteiger partial charge in [-0.05, 0) is 41.0 Å². The van der Waals surface area contributed by atoms with Gasteiger partial charge in [0.2, 0.25) is 11.5 Å². The van der Waals surface area contributed by atoms with Crippen LogP contribution in [-0.4, -0.2) is 30.3 Å². The molecule has 0 spiro atoms. The zero-order chi connectivity index (χ0) is 14.0. The van der Waals surface area contributed by atoms with Crippen LogP contribution in [0.5, 0.6) is 0 Å². The number of anilines is 3. The molecule has 0 bridgehead atoms. The lowest BCUT2D eigenvalue weighted by atomic mass is 10.1. The van der Waals surface area contributed by atoms with E-state index in [0.29, 0.717) is 5.69 Å². The molecule has 19 heavy (non-hydrogen) atoms. The largest absolute Gasteiger partial charge is 0.379 e. The molecule has 0 aliphatic carbocycles. The summed E-state index contributed by atoms with van der Waals surface area (Å²) in [6.45, 7) is 1.91. The predicted octanol–water partition coefficient (Wildman–Crippen LogP) is 1.28. The molecule has 1 aromatic carbocycles. The minimum atomic E-state index is -0.445. The van der Waals surface area contributed by atoms with E-state index in [0.717, 1.165) is 11.3 Å². The number of rotatable bonds is 3. The number of aryl methyl sites for hydroxylation is 1. The van der Waals surface area contributed by atoms with Gasteiger partial charge in [0, 0.05) is 25.5 Å². The number of nitrogens with zero attached hydrogens (tertiary/aromatic N) is 3. The highest BCUT2D eigenvalue weighted by Gasteiger charge is 2.16. The fraction of sp³-hybridized carbons (Fsp3) is 0.250. The van der Waals surface area contributed by atoms with Crippen LogP contribution in [0, 0.1) is 6.92 Å². The van der Waals surface area contributed by atoms with Crippen molar-refractivity contribution in [2.75, 3.05) is 30.0 Å². The molecule has 0 unspecified atom stereocenters. The highest BCUT2D eigenvalue weighted by molar-refractivity contribution is 6.05. The van der Waals surface area contributed by atoms with Gasteiger partial charge in [0.25, 0.3) is 5.91 Å². The van der Waals surface area contributed by atoms with Crippen molar-refractivity contribution in [3.63, 3.8) is 0 Å². The number of aromatic nitrogens is 2. The Labute approximate surface area is 110 Å². The molecule has 1 amide bonds. The maximum absolute atomic E-state index is 11.9. The monoisotopic (exact) mass is 261 g/mol. The molecular weight excluding hydrogens is 246 g/mol. The summed E-state index contributed by atoms with van der Waals surface area (Å²) in [4.78, 5) is 13.9. The van der Waals surface area contributed by atoms with E-state index < -0.39 is 5.91 Å². The van der Waals surface area contributed by atoms with Crippen molar-refractivity contribution < 1.29 is 9.42 Å². The smallest absolute Gasteiger partial charge is 0.281 e. The molecule has 1 heterocycles. The molecule has 2 rings (SSSR count). The van der Waals surface area contributed by atoms with E-state index in [1.54, 1.807) is 0 Å². The van der Waals surface area contributed by atoms with Crippen LogP contribution in [0.25, 0.3) is 0 Å². The Morgan fingerprint density at radius 3 is 2.63 bits per heavy atom. The van der Waals surface area contributed by atoms with E-state index in [1.165, 1.54) is 0 Å². The summed E-state index contributed by atoms with van der Waals surface area (Å²) < 4.78 is 4.39. The average molecular weight is 261 g/mol. The SMILES string of the molecule is Cc1cc(N(C)C)ccc1NC(=O)c1nonc1N. The Hall–Kier alpha value is -2.57. The lowest BCUT2D eigenvalue weighted by Gasteiger charge is -2.15. The molecule has 7 heteroatoms. The van der Waals surface area contributed by atoms with Crippen molar-refractivity contribution in [1.29, 1.82) is 0 Å². The summed E-state index contributed by atoms with van der Waals surface area (Å²) >= 11 is 0. The molecule has 0 atom stereocenters. The van der Waals surface area contributed by atoms with Crippen LogP contribution in [0.15, 0.2) is 22.8 Å². The number of hydrogen-bond acceptors (Lipinski definition) is 6. The number of hydrogen-bond donors (Lipinski definition) is 2. The van der Waals surface area contributed by atoms with Crippen molar-refractivity contribution in [1.82, 2.24) is 10.3 Å². The van der Waals surface area contributed by atoms with Crippen LogP contribution in [0.3, 0.4) is 0 Å². The molecule has 3 N–H and O–H groups in total. The molecule has 0 saturated heterocycles. The van der Waals surface area contributed by atoms with Gasteiger partial charge in [0.1, 0.15) is 0 Å². The summed E-state index contributed by atoms with van der Waals surface area (Å²) in [6, 6.07) is 5.71. The molecule has 7 nitrogen and oxygen atoms in total. The summed E-state index contributed by atoms with van der Waals surface area (Å²) in [6.07, 6.45) is 0. The number of nitrogen functional groups attached to an aromatic ring is 1. The number of nitrogens with one attached hydrogen (secondary N) is 1. The number of carbonyl (C=O) groups is 1. The van der Waals surface area contributed by atoms with E-state index in [-0.39, 0.29) is 11.5 Å². The Morgan fingerprint density at radius 1 is 1.37 bits per heavy atom. The molecule has 0 aliphatic rings. The second-order valence-electron chi connectivity index (χ2n) is 4.35. The maximum atomic E-state index is 11.9. The average Bonchev–Trinajstić information content (AvgIpc) is 2.77. The molecule has 100 valence electrons. The van der Waals surface area contributed by atoms with Gasteiger partial charge in [0.15, 0.2) is 0 Å². The van der Waals surface area contributed by atoms with E-state index >= 15 is 0 Å². The van der Waals surface area contributed by atoms with Gasteiger partial charge in [-0.25, -0.2) is 4.63 Å². The van der Waals surface area contributed by atoms with Gasteiger partial charge in [0.05, 0.1) is 0 Å². The van der Waals surface area contributed by atoms with Crippen LogP contribution in [0.4, 0.5) is 17.2 Å². The first-order valence-corrected chi connectivity index (χ1v) is 5.66. The van der Waals surface area contributed by atoms with Crippen LogP contribution in [0.2, 0.25) is 0 Å². The van der Waals surface area contributed by atoms with Gasteiger partial charge >= 0.3 is 0 Å². The lowest BCUT2D eigenvalue weighted by Crippen LogP contribution is -2.15. The lowest BCUT2D eigenvalue weighted by molar-refractivity contribution is 0.101. The summed E-state index contributed by atoms with van der Waals surface area (Å²) in [5, 5.41) is 9.54. The zero-order valence-electron chi connectivity index (χ0n) is 11.0. The molecule has 0 fully saturated rings. The molecule has 1 aromatic heterocycles. The number of nitrogens with two attached hydrogens (primary N) is 1. The van der Waals surface area contributed by atoms with Crippen molar-refractivity contribution in [2.24, 2.45) is 0 Å². The van der Waals surface area contributed by atoms with Gasteiger partial charge in [-0.15, -0.1) is 0 Å². The minimum absolute atomic E-state index is 0.0175. The van der Waals surface area contributed by atoms with Crippen LogP contribution >= 0.6 is 0 Å². The third kappa shape index (κ3) is 2.65. The number of amides is 1. The second-order valence-corrected chi connectivity index (χ2v) is 4.35. The van der Waals surface area contributed by atoms with Gasteiger partial charge in [-0.3, -0.25) is 4.79 Å². The Kier molecular flexibility index (Phi) is 3.37. The normalized spacial score (nSPS) is 10.3. The molecule has 0 saturated carbocycles. The summed E-state index contributed by atoms with van der Waals surface area (Å²) in [5.41, 5.74) is 8.13. The fourth-order valence-electron chi connectivity index (χ4n) is 1.60. The van der Waals surface area contributed by atoms with E-state index in [2.05, 4.69) is 20.3 Å². The third-order valence-electron chi connectivity index (χ3n) is 2.70. The van der Waals surface area contributed by atoms with Crippen molar-refractivity contribution in [2.45, 2.75) is 6.92 Å². The van der Waals surface area contributed by atoms with E-state index in [9.17, 15) is 4.79 Å². The van der Waals surface area contributed by atoms with Crippen LogP contribution in [-0.2, 0) is 0 Å². The predicted molar refractivity (Wildman–Crippen MR) is 72.2 cm³/mol. The quantitative estimate of drug-likeness (QED) is 0.863. The van der Waals surface area contributed by atoms with E-state index in [1.807, 2.05) is 44.1 Å². The first-order valence-electron chi connectivity index (χ1n) is 5.66. The Bertz CT molecular complexity index is 606. The standard InChI is InChI=1S/C12H15N5O2/c1-7-6-8(17(2)3)4-5-9(7)14-12(18)10-11(13)16-19-15-10/h4-6H,1-3H3,(H2,13,16)(H,14,18). The Balaban J connectivity index is 2.20. The summed E-state index contributed by atoms with van der Waals surface area (Å²) in [5.74, 6) is -0.473. The topological polar surface area (TPSA) is 97.3 Å². The Morgan fingerprint density at radius 2 is 2.11 bits per heavy atom. The first-order chi connectivity index (χ1) is 8.99. The van der Waals surface area contributed by atoms with Crippen molar-refractivity contribution in [3.8, 4) is 0 Å².